The van der Waals surface area contributed by atoms with E-state index in [1.54, 1.807) is 37.9 Å². The predicted molar refractivity (Wildman–Crippen MR) is 118 cm³/mol. The number of thioether (sulfide) groups is 2. The Balaban J connectivity index is 1.65. The molecule has 2 aromatic carbocycles. The molecule has 1 amide bonds. The first-order chi connectivity index (χ1) is 14.0. The molecule has 1 heterocycles. The van der Waals surface area contributed by atoms with Crippen molar-refractivity contribution in [3.63, 3.8) is 0 Å². The molecule has 3 aromatic rings. The number of nitrogens with zero attached hydrogens (tertiary/aromatic N) is 1. The lowest BCUT2D eigenvalue weighted by molar-refractivity contribution is -0.115. The SMILES string of the molecule is COc1ccccc1NC(=O)C(C)Sc1nc(CSc2ccccc2)cc(=O)[nH]1. The van der Waals surface area contributed by atoms with Crippen LogP contribution in [-0.4, -0.2) is 28.2 Å². The third kappa shape index (κ3) is 6.13. The van der Waals surface area contributed by atoms with Crippen LogP contribution in [0.5, 0.6) is 5.75 Å². The van der Waals surface area contributed by atoms with Gasteiger partial charge in [0.05, 0.1) is 23.7 Å². The Morgan fingerprint density at radius 2 is 1.90 bits per heavy atom. The van der Waals surface area contributed by atoms with Gasteiger partial charge in [-0.25, -0.2) is 4.98 Å². The van der Waals surface area contributed by atoms with E-state index >= 15 is 0 Å². The van der Waals surface area contributed by atoms with Crippen LogP contribution in [0, 0.1) is 0 Å². The number of aromatic amines is 1. The smallest absolute Gasteiger partial charge is 0.251 e. The Labute approximate surface area is 177 Å². The minimum Gasteiger partial charge on any atom is -0.495 e. The van der Waals surface area contributed by atoms with Crippen molar-refractivity contribution in [3.8, 4) is 5.75 Å². The molecule has 8 heteroatoms. The van der Waals surface area contributed by atoms with Crippen LogP contribution in [0.25, 0.3) is 0 Å². The zero-order valence-electron chi connectivity index (χ0n) is 16.0. The van der Waals surface area contributed by atoms with Crippen molar-refractivity contribution < 1.29 is 9.53 Å². The Morgan fingerprint density at radius 1 is 1.17 bits per heavy atom. The van der Waals surface area contributed by atoms with Crippen LogP contribution in [0.15, 0.2) is 75.5 Å². The Kier molecular flexibility index (Phi) is 7.37. The maximum atomic E-state index is 12.6. The number of aromatic nitrogens is 2. The number of hydrogen-bond donors (Lipinski definition) is 2. The molecular formula is C21H21N3O3S2. The zero-order chi connectivity index (χ0) is 20.6. The summed E-state index contributed by atoms with van der Waals surface area (Å²) >= 11 is 2.81. The van der Waals surface area contributed by atoms with Crippen LogP contribution < -0.4 is 15.6 Å². The summed E-state index contributed by atoms with van der Waals surface area (Å²) in [5, 5.41) is 2.81. The largest absolute Gasteiger partial charge is 0.495 e. The first kappa shape index (κ1) is 21.0. The fourth-order valence-corrected chi connectivity index (χ4v) is 4.13. The fourth-order valence-electron chi connectivity index (χ4n) is 2.49. The van der Waals surface area contributed by atoms with Gasteiger partial charge in [-0.3, -0.25) is 9.59 Å². The topological polar surface area (TPSA) is 84.1 Å². The van der Waals surface area contributed by atoms with E-state index < -0.39 is 5.25 Å². The molecule has 6 nitrogen and oxygen atoms in total. The van der Waals surface area contributed by atoms with E-state index in [0.29, 0.717) is 28.0 Å². The van der Waals surface area contributed by atoms with Crippen molar-refractivity contribution in [1.82, 2.24) is 9.97 Å². The number of benzene rings is 2. The summed E-state index contributed by atoms with van der Waals surface area (Å²) in [5.41, 5.74) is 1.04. The third-order valence-corrected chi connectivity index (χ3v) is 5.96. The molecule has 150 valence electrons. The number of carbonyl (C=O) groups excluding carboxylic acids is 1. The van der Waals surface area contributed by atoms with E-state index in [0.717, 1.165) is 4.90 Å². The lowest BCUT2D eigenvalue weighted by atomic mass is 10.3. The highest BCUT2D eigenvalue weighted by Crippen LogP contribution is 2.26. The molecule has 0 aliphatic heterocycles. The standard InChI is InChI=1S/C21H21N3O3S2/c1-14(20(26)23-17-10-6-7-11-18(17)27-2)29-21-22-15(12-19(25)24-21)13-28-16-8-4-3-5-9-16/h3-12,14H,13H2,1-2H3,(H,23,26)(H,22,24,25). The number of hydrogen-bond acceptors (Lipinski definition) is 6. The molecule has 0 bridgehead atoms. The number of ether oxygens (including phenoxy) is 1. The lowest BCUT2D eigenvalue weighted by Crippen LogP contribution is -2.23. The van der Waals surface area contributed by atoms with Crippen molar-refractivity contribution in [2.45, 2.75) is 28.0 Å². The molecule has 0 aliphatic carbocycles. The van der Waals surface area contributed by atoms with Crippen LogP contribution in [0.2, 0.25) is 0 Å². The van der Waals surface area contributed by atoms with Gasteiger partial charge in [0, 0.05) is 16.7 Å². The Morgan fingerprint density at radius 3 is 2.66 bits per heavy atom. The van der Waals surface area contributed by atoms with Gasteiger partial charge in [-0.1, -0.05) is 42.1 Å². The average molecular weight is 428 g/mol. The average Bonchev–Trinajstić information content (AvgIpc) is 2.73. The van der Waals surface area contributed by atoms with E-state index in [1.165, 1.54) is 17.8 Å². The summed E-state index contributed by atoms with van der Waals surface area (Å²) in [6, 6.07) is 18.6. The van der Waals surface area contributed by atoms with Gasteiger partial charge in [0.1, 0.15) is 5.75 Å². The van der Waals surface area contributed by atoms with E-state index in [2.05, 4.69) is 15.3 Å². The lowest BCUT2D eigenvalue weighted by Gasteiger charge is -2.14. The second-order valence-corrected chi connectivity index (χ2v) is 8.47. The molecular weight excluding hydrogens is 406 g/mol. The number of rotatable bonds is 8. The monoisotopic (exact) mass is 427 g/mol. The summed E-state index contributed by atoms with van der Waals surface area (Å²) in [5.74, 6) is 0.958. The quantitative estimate of drug-likeness (QED) is 0.414. The molecule has 0 saturated carbocycles. The first-order valence-electron chi connectivity index (χ1n) is 8.94. The number of methoxy groups -OCH3 is 1. The molecule has 3 rings (SSSR count). The number of amides is 1. The fraction of sp³-hybridized carbons (Fsp3) is 0.190. The van der Waals surface area contributed by atoms with Crippen molar-refractivity contribution in [2.24, 2.45) is 0 Å². The highest BCUT2D eigenvalue weighted by atomic mass is 32.2. The first-order valence-corrected chi connectivity index (χ1v) is 10.8. The van der Waals surface area contributed by atoms with E-state index in [-0.39, 0.29) is 11.5 Å². The van der Waals surface area contributed by atoms with Crippen molar-refractivity contribution in [1.29, 1.82) is 0 Å². The summed E-state index contributed by atoms with van der Waals surface area (Å²) in [7, 11) is 1.55. The number of carbonyl (C=O) groups is 1. The van der Waals surface area contributed by atoms with Crippen molar-refractivity contribution in [3.05, 3.63) is 76.7 Å². The van der Waals surface area contributed by atoms with E-state index in [1.807, 2.05) is 42.5 Å². The second-order valence-electron chi connectivity index (χ2n) is 6.09. The molecule has 0 fully saturated rings. The minimum absolute atomic E-state index is 0.203. The second kappa shape index (κ2) is 10.2. The summed E-state index contributed by atoms with van der Waals surface area (Å²) < 4.78 is 5.26. The maximum absolute atomic E-state index is 12.6. The summed E-state index contributed by atoms with van der Waals surface area (Å²) in [6.45, 7) is 1.76. The number of nitrogens with one attached hydrogen (secondary N) is 2. The summed E-state index contributed by atoms with van der Waals surface area (Å²) in [6.07, 6.45) is 0. The van der Waals surface area contributed by atoms with Crippen LogP contribution >= 0.6 is 23.5 Å². The van der Waals surface area contributed by atoms with Crippen LogP contribution in [0.1, 0.15) is 12.6 Å². The molecule has 1 unspecified atom stereocenters. The van der Waals surface area contributed by atoms with Gasteiger partial charge in [0.2, 0.25) is 5.91 Å². The molecule has 29 heavy (non-hydrogen) atoms. The highest BCUT2D eigenvalue weighted by molar-refractivity contribution is 8.00. The molecule has 0 saturated heterocycles. The van der Waals surface area contributed by atoms with Gasteiger partial charge < -0.3 is 15.0 Å². The van der Waals surface area contributed by atoms with Crippen molar-refractivity contribution >= 4 is 35.1 Å². The van der Waals surface area contributed by atoms with Gasteiger partial charge in [0.25, 0.3) is 5.56 Å². The number of anilines is 1. The molecule has 2 N–H and O–H groups in total. The number of H-pyrrole nitrogens is 1. The Hall–Kier alpha value is -2.71. The van der Waals surface area contributed by atoms with Gasteiger partial charge >= 0.3 is 0 Å². The van der Waals surface area contributed by atoms with Gasteiger partial charge in [-0.2, -0.15) is 0 Å². The maximum Gasteiger partial charge on any atom is 0.251 e. The zero-order valence-corrected chi connectivity index (χ0v) is 17.7. The van der Waals surface area contributed by atoms with Gasteiger partial charge in [0.15, 0.2) is 5.16 Å². The normalized spacial score (nSPS) is 11.7. The molecule has 0 aliphatic rings. The number of para-hydroxylation sites is 2. The van der Waals surface area contributed by atoms with Crippen LogP contribution in [0.4, 0.5) is 5.69 Å². The Bertz CT molecular complexity index is 1020. The summed E-state index contributed by atoms with van der Waals surface area (Å²) in [4.78, 5) is 32.9. The van der Waals surface area contributed by atoms with E-state index in [4.69, 9.17) is 4.74 Å². The van der Waals surface area contributed by atoms with Gasteiger partial charge in [-0.05, 0) is 31.2 Å². The van der Waals surface area contributed by atoms with Crippen LogP contribution in [0.3, 0.4) is 0 Å². The van der Waals surface area contributed by atoms with Gasteiger partial charge in [-0.15, -0.1) is 11.8 Å². The highest BCUT2D eigenvalue weighted by Gasteiger charge is 2.18. The van der Waals surface area contributed by atoms with Crippen molar-refractivity contribution in [2.75, 3.05) is 12.4 Å². The molecule has 1 atom stereocenters. The van der Waals surface area contributed by atoms with Crippen LogP contribution in [-0.2, 0) is 10.5 Å². The predicted octanol–water partition coefficient (Wildman–Crippen LogP) is 4.19. The molecule has 1 aromatic heterocycles. The molecule has 0 radical (unpaired) electrons. The third-order valence-electron chi connectivity index (χ3n) is 3.93. The molecule has 0 spiro atoms. The minimum atomic E-state index is -0.458. The van der Waals surface area contributed by atoms with E-state index in [9.17, 15) is 9.59 Å².